The number of rotatable bonds is 4. The highest BCUT2D eigenvalue weighted by atomic mass is 32.2. The molecular weight excluding hydrogens is 394 g/mol. The molecule has 2 heterocycles. The van der Waals surface area contributed by atoms with Gasteiger partial charge in [-0.3, -0.25) is 4.79 Å². The van der Waals surface area contributed by atoms with Crippen LogP contribution in [-0.2, 0) is 14.8 Å². The number of anilines is 1. The van der Waals surface area contributed by atoms with E-state index in [-0.39, 0.29) is 18.9 Å². The van der Waals surface area contributed by atoms with Gasteiger partial charge in [0.2, 0.25) is 15.9 Å². The maximum Gasteiger partial charge on any atom is 0.243 e. The molecule has 7 nitrogen and oxygen atoms in total. The first-order valence-corrected chi connectivity index (χ1v) is 9.99. The van der Waals surface area contributed by atoms with E-state index in [9.17, 15) is 22.0 Å². The Labute approximate surface area is 159 Å². The quantitative estimate of drug-likeness (QED) is 0.831. The minimum atomic E-state index is -4.33. The lowest BCUT2D eigenvalue weighted by Gasteiger charge is -2.22. The molecule has 2 aromatic carbocycles. The third-order valence-electron chi connectivity index (χ3n) is 4.47. The highest BCUT2D eigenvalue weighted by molar-refractivity contribution is 7.89. The second-order valence-corrected chi connectivity index (χ2v) is 8.11. The summed E-state index contributed by atoms with van der Waals surface area (Å²) in [6, 6.07) is 6.39. The number of nitrogens with zero attached hydrogens (tertiary/aromatic N) is 1. The molecule has 1 atom stereocenters. The van der Waals surface area contributed by atoms with Crippen LogP contribution in [0.4, 0.5) is 14.5 Å². The van der Waals surface area contributed by atoms with E-state index in [1.54, 1.807) is 18.2 Å². The fraction of sp³-hybridized carbons (Fsp3) is 0.278. The van der Waals surface area contributed by atoms with E-state index in [1.165, 1.54) is 4.90 Å². The van der Waals surface area contributed by atoms with E-state index >= 15 is 0 Å². The van der Waals surface area contributed by atoms with E-state index in [4.69, 9.17) is 9.47 Å². The van der Waals surface area contributed by atoms with Crippen molar-refractivity contribution in [2.45, 2.75) is 17.4 Å². The van der Waals surface area contributed by atoms with Crippen LogP contribution in [0.3, 0.4) is 0 Å². The van der Waals surface area contributed by atoms with Crippen molar-refractivity contribution >= 4 is 21.6 Å². The summed E-state index contributed by atoms with van der Waals surface area (Å²) in [5, 5.41) is 0. The molecule has 0 radical (unpaired) electrons. The predicted octanol–water partition coefficient (Wildman–Crippen LogP) is 1.82. The molecule has 4 rings (SSSR count). The zero-order valence-corrected chi connectivity index (χ0v) is 15.3. The van der Waals surface area contributed by atoms with Crippen LogP contribution < -0.4 is 19.1 Å². The van der Waals surface area contributed by atoms with Gasteiger partial charge in [-0.05, 0) is 30.3 Å². The lowest BCUT2D eigenvalue weighted by molar-refractivity contribution is -0.117. The van der Waals surface area contributed by atoms with Gasteiger partial charge in [0.25, 0.3) is 0 Å². The van der Waals surface area contributed by atoms with Crippen LogP contribution in [0.2, 0.25) is 0 Å². The van der Waals surface area contributed by atoms with E-state index in [0.29, 0.717) is 36.5 Å². The Balaban J connectivity index is 1.53. The maximum absolute atomic E-state index is 13.8. The number of sulfonamides is 1. The second kappa shape index (κ2) is 7.02. The van der Waals surface area contributed by atoms with E-state index in [2.05, 4.69) is 4.72 Å². The molecule has 0 aromatic heterocycles. The molecular formula is C18H16F2N2O5S. The number of carbonyl (C=O) groups excluding carboxylic acids is 1. The van der Waals surface area contributed by atoms with Crippen molar-refractivity contribution in [3.8, 4) is 11.5 Å². The monoisotopic (exact) mass is 410 g/mol. The van der Waals surface area contributed by atoms with Gasteiger partial charge in [0, 0.05) is 30.8 Å². The molecule has 2 aliphatic heterocycles. The van der Waals surface area contributed by atoms with Gasteiger partial charge < -0.3 is 14.4 Å². The largest absolute Gasteiger partial charge is 0.486 e. The fourth-order valence-electron chi connectivity index (χ4n) is 3.20. The molecule has 0 aliphatic carbocycles. The SMILES string of the molecule is O=C1C[C@H](NS(=O)(=O)c2cc(F)ccc2F)CN1c1ccc2c(c1)OCCO2. The highest BCUT2D eigenvalue weighted by Crippen LogP contribution is 2.35. The van der Waals surface area contributed by atoms with Crippen molar-refractivity contribution in [3.63, 3.8) is 0 Å². The van der Waals surface area contributed by atoms with Gasteiger partial charge >= 0.3 is 0 Å². The highest BCUT2D eigenvalue weighted by Gasteiger charge is 2.35. The Hall–Kier alpha value is -2.72. The number of carbonyl (C=O) groups is 1. The second-order valence-electron chi connectivity index (χ2n) is 6.43. The van der Waals surface area contributed by atoms with Crippen LogP contribution in [-0.4, -0.2) is 40.1 Å². The normalized spacial score (nSPS) is 19.1. The van der Waals surface area contributed by atoms with Crippen LogP contribution in [0, 0.1) is 11.6 Å². The van der Waals surface area contributed by atoms with Crippen LogP contribution >= 0.6 is 0 Å². The summed E-state index contributed by atoms with van der Waals surface area (Å²) in [4.78, 5) is 13.0. The first-order valence-electron chi connectivity index (χ1n) is 8.51. The number of ether oxygens (including phenoxy) is 2. The lowest BCUT2D eigenvalue weighted by Crippen LogP contribution is -2.37. The smallest absolute Gasteiger partial charge is 0.243 e. The van der Waals surface area contributed by atoms with E-state index in [1.807, 2.05) is 0 Å². The molecule has 1 saturated heterocycles. The molecule has 148 valence electrons. The summed E-state index contributed by atoms with van der Waals surface area (Å²) >= 11 is 0. The number of hydrogen-bond donors (Lipinski definition) is 1. The Morgan fingerprint density at radius 2 is 1.79 bits per heavy atom. The van der Waals surface area contributed by atoms with Gasteiger partial charge in [0.05, 0.1) is 0 Å². The molecule has 1 amide bonds. The van der Waals surface area contributed by atoms with Gasteiger partial charge in [-0.15, -0.1) is 0 Å². The van der Waals surface area contributed by atoms with Crippen LogP contribution in [0.1, 0.15) is 6.42 Å². The number of halogens is 2. The van der Waals surface area contributed by atoms with Crippen molar-refractivity contribution in [2.75, 3.05) is 24.7 Å². The molecule has 0 saturated carbocycles. The molecule has 1 N–H and O–H groups in total. The average molecular weight is 410 g/mol. The zero-order valence-electron chi connectivity index (χ0n) is 14.5. The van der Waals surface area contributed by atoms with Crippen LogP contribution in [0.5, 0.6) is 11.5 Å². The number of hydrogen-bond acceptors (Lipinski definition) is 5. The number of nitrogens with one attached hydrogen (secondary N) is 1. The molecule has 28 heavy (non-hydrogen) atoms. The topological polar surface area (TPSA) is 84.9 Å². The molecule has 0 spiro atoms. The first kappa shape index (κ1) is 18.6. The van der Waals surface area contributed by atoms with Gasteiger partial charge in [-0.1, -0.05) is 0 Å². The average Bonchev–Trinajstić information content (AvgIpc) is 3.02. The van der Waals surface area contributed by atoms with Crippen LogP contribution in [0.15, 0.2) is 41.3 Å². The van der Waals surface area contributed by atoms with Gasteiger partial charge in [-0.2, -0.15) is 0 Å². The molecule has 2 aromatic rings. The summed E-state index contributed by atoms with van der Waals surface area (Å²) < 4.78 is 65.2. The summed E-state index contributed by atoms with van der Waals surface area (Å²) in [6.07, 6.45) is -0.107. The molecule has 1 fully saturated rings. The van der Waals surface area contributed by atoms with Crippen molar-refractivity contribution in [2.24, 2.45) is 0 Å². The zero-order chi connectivity index (χ0) is 19.9. The fourth-order valence-corrected chi connectivity index (χ4v) is 4.52. The Morgan fingerprint density at radius 3 is 2.57 bits per heavy atom. The third kappa shape index (κ3) is 3.52. The number of amides is 1. The van der Waals surface area contributed by atoms with Crippen molar-refractivity contribution in [3.05, 3.63) is 48.0 Å². The summed E-state index contributed by atoms with van der Waals surface area (Å²) in [5.41, 5.74) is 0.535. The van der Waals surface area contributed by atoms with Crippen LogP contribution in [0.25, 0.3) is 0 Å². The van der Waals surface area contributed by atoms with E-state index in [0.717, 1.165) is 12.1 Å². The Kier molecular flexibility index (Phi) is 4.68. The minimum Gasteiger partial charge on any atom is -0.486 e. The molecule has 10 heteroatoms. The predicted molar refractivity (Wildman–Crippen MR) is 94.9 cm³/mol. The minimum absolute atomic E-state index is 0.0502. The maximum atomic E-state index is 13.8. The van der Waals surface area contributed by atoms with Gasteiger partial charge in [0.15, 0.2) is 11.5 Å². The summed E-state index contributed by atoms with van der Waals surface area (Å²) in [5.74, 6) is -1.17. The standard InChI is InChI=1S/C18H16F2N2O5S/c19-11-1-3-14(20)17(7-11)28(24,25)21-12-8-18(23)22(10-12)13-2-4-15-16(9-13)27-6-5-26-15/h1-4,7,9,12,21H,5-6,8,10H2/t12-/m0/s1. The summed E-state index contributed by atoms with van der Waals surface area (Å²) in [7, 11) is -4.33. The molecule has 0 bridgehead atoms. The van der Waals surface area contributed by atoms with E-state index < -0.39 is 32.6 Å². The summed E-state index contributed by atoms with van der Waals surface area (Å²) in [6.45, 7) is 0.885. The number of benzene rings is 2. The first-order chi connectivity index (χ1) is 13.3. The molecule has 2 aliphatic rings. The lowest BCUT2D eigenvalue weighted by atomic mass is 10.2. The third-order valence-corrected chi connectivity index (χ3v) is 6.00. The molecule has 0 unspecified atom stereocenters. The number of fused-ring (bicyclic) bond motifs is 1. The Morgan fingerprint density at radius 1 is 1.04 bits per heavy atom. The van der Waals surface area contributed by atoms with Crippen molar-refractivity contribution in [1.82, 2.24) is 4.72 Å². The van der Waals surface area contributed by atoms with Crippen molar-refractivity contribution < 1.29 is 31.5 Å². The van der Waals surface area contributed by atoms with Gasteiger partial charge in [-0.25, -0.2) is 21.9 Å². The van der Waals surface area contributed by atoms with Gasteiger partial charge in [0.1, 0.15) is 29.7 Å². The van der Waals surface area contributed by atoms with Crippen molar-refractivity contribution in [1.29, 1.82) is 0 Å². The Bertz CT molecular complexity index is 1040.